The maximum atomic E-state index is 12.9. The summed E-state index contributed by atoms with van der Waals surface area (Å²) in [6, 6.07) is 0. The lowest BCUT2D eigenvalue weighted by Crippen LogP contribution is -2.30. The van der Waals surface area contributed by atoms with Crippen molar-refractivity contribution in [2.75, 3.05) is 40.3 Å². The van der Waals surface area contributed by atoms with E-state index in [1.807, 2.05) is 19.2 Å². The molecule has 0 radical (unpaired) electrons. The number of hydrogen-bond donors (Lipinski definition) is 0. The fourth-order valence-corrected chi connectivity index (χ4v) is 7.22. The van der Waals surface area contributed by atoms with E-state index in [1.165, 1.54) is 141 Å². The molecular formula is C48H94N2O4. The first-order chi connectivity index (χ1) is 26.4. The van der Waals surface area contributed by atoms with Crippen molar-refractivity contribution in [2.24, 2.45) is 5.92 Å². The maximum Gasteiger partial charge on any atom is 0.325 e. The molecule has 0 aliphatic heterocycles. The van der Waals surface area contributed by atoms with Gasteiger partial charge in [-0.15, -0.1) is 5.06 Å². The van der Waals surface area contributed by atoms with E-state index in [9.17, 15) is 9.59 Å². The van der Waals surface area contributed by atoms with Gasteiger partial charge in [0.2, 0.25) is 0 Å². The number of hydroxylamine groups is 2. The van der Waals surface area contributed by atoms with Gasteiger partial charge < -0.3 is 14.5 Å². The van der Waals surface area contributed by atoms with Gasteiger partial charge in [0.25, 0.3) is 0 Å². The average Bonchev–Trinajstić information content (AvgIpc) is 3.15. The van der Waals surface area contributed by atoms with Gasteiger partial charge in [-0.25, -0.2) is 0 Å². The Morgan fingerprint density at radius 3 is 1.41 bits per heavy atom. The Balaban J connectivity index is 4.24. The molecule has 0 aromatic rings. The molecule has 320 valence electrons. The predicted molar refractivity (Wildman–Crippen MR) is 234 cm³/mol. The van der Waals surface area contributed by atoms with Gasteiger partial charge in [0.05, 0.1) is 12.5 Å². The predicted octanol–water partition coefficient (Wildman–Crippen LogP) is 14.3. The summed E-state index contributed by atoms with van der Waals surface area (Å²) in [4.78, 5) is 33.5. The molecule has 0 heterocycles. The zero-order valence-corrected chi connectivity index (χ0v) is 37.1. The van der Waals surface area contributed by atoms with Gasteiger partial charge in [-0.05, 0) is 84.8 Å². The monoisotopic (exact) mass is 763 g/mol. The molecule has 0 rings (SSSR count). The van der Waals surface area contributed by atoms with Gasteiger partial charge in [0, 0.05) is 19.5 Å². The number of nitrogens with zero attached hydrogens (tertiary/aromatic N) is 2. The number of carbonyl (C=O) groups is 2. The first-order valence-electron chi connectivity index (χ1n) is 23.9. The second-order valence-electron chi connectivity index (χ2n) is 16.6. The van der Waals surface area contributed by atoms with Crippen LogP contribution in [0.4, 0.5) is 0 Å². The van der Waals surface area contributed by atoms with E-state index < -0.39 is 0 Å². The topological polar surface area (TPSA) is 59.1 Å². The third-order valence-corrected chi connectivity index (χ3v) is 10.8. The summed E-state index contributed by atoms with van der Waals surface area (Å²) >= 11 is 0. The third kappa shape index (κ3) is 38.9. The van der Waals surface area contributed by atoms with E-state index in [0.717, 1.165) is 90.3 Å². The summed E-state index contributed by atoms with van der Waals surface area (Å²) in [7, 11) is 4.09. The largest absolute Gasteiger partial charge is 0.465 e. The fraction of sp³-hybridized carbons (Fsp3) is 0.917. The van der Waals surface area contributed by atoms with Crippen molar-refractivity contribution in [3.63, 3.8) is 0 Å². The lowest BCUT2D eigenvalue weighted by Gasteiger charge is -2.21. The van der Waals surface area contributed by atoms with Crippen LogP contribution in [0.25, 0.3) is 0 Å². The smallest absolute Gasteiger partial charge is 0.325 e. The van der Waals surface area contributed by atoms with Gasteiger partial charge in [0.15, 0.2) is 0 Å². The normalized spacial score (nSPS) is 12.4. The van der Waals surface area contributed by atoms with Crippen LogP contribution in [0.2, 0.25) is 0 Å². The van der Waals surface area contributed by atoms with Crippen LogP contribution in [0.3, 0.4) is 0 Å². The van der Waals surface area contributed by atoms with Crippen LogP contribution >= 0.6 is 0 Å². The molecule has 0 N–H and O–H groups in total. The summed E-state index contributed by atoms with van der Waals surface area (Å²) in [6.07, 6.45) is 45.3. The molecule has 1 atom stereocenters. The first kappa shape index (κ1) is 52.6. The first-order valence-corrected chi connectivity index (χ1v) is 23.9. The summed E-state index contributed by atoms with van der Waals surface area (Å²) in [6.45, 7) is 9.90. The van der Waals surface area contributed by atoms with Crippen molar-refractivity contribution in [2.45, 2.75) is 239 Å². The molecule has 0 saturated heterocycles. The molecule has 6 nitrogen and oxygen atoms in total. The van der Waals surface area contributed by atoms with Crippen molar-refractivity contribution in [3.8, 4) is 0 Å². The SMILES string of the molecule is CCCCC/C=C\CCCCCCCCCCCN(CCCCCCCCOC(=O)C(CCCCCC)CCCCCCCC)OC(=O)CCCN(C)C. The molecule has 0 saturated carbocycles. The molecule has 6 heteroatoms. The highest BCUT2D eigenvalue weighted by molar-refractivity contribution is 5.72. The quantitative estimate of drug-likeness (QED) is 0.0267. The van der Waals surface area contributed by atoms with Crippen molar-refractivity contribution in [3.05, 3.63) is 12.2 Å². The number of unbranched alkanes of at least 4 members (excludes halogenated alkanes) is 25. The summed E-state index contributed by atoms with van der Waals surface area (Å²) in [5, 5.41) is 1.96. The minimum Gasteiger partial charge on any atom is -0.465 e. The van der Waals surface area contributed by atoms with Crippen LogP contribution in [0.1, 0.15) is 239 Å². The van der Waals surface area contributed by atoms with E-state index in [2.05, 4.69) is 37.8 Å². The number of ether oxygens (including phenoxy) is 1. The molecule has 0 spiro atoms. The molecule has 0 amide bonds. The lowest BCUT2D eigenvalue weighted by atomic mass is 9.94. The Bertz CT molecular complexity index is 817. The minimum atomic E-state index is -0.0893. The molecule has 0 fully saturated rings. The Hall–Kier alpha value is -1.40. The maximum absolute atomic E-state index is 12.9. The van der Waals surface area contributed by atoms with Crippen LogP contribution < -0.4 is 0 Å². The van der Waals surface area contributed by atoms with Crippen molar-refractivity contribution >= 4 is 11.9 Å². The number of carbonyl (C=O) groups excluding carboxylic acids is 2. The molecule has 0 bridgehead atoms. The molecule has 0 aliphatic rings. The Morgan fingerprint density at radius 2 is 0.889 bits per heavy atom. The molecular weight excluding hydrogens is 669 g/mol. The van der Waals surface area contributed by atoms with Gasteiger partial charge in [-0.2, -0.15) is 0 Å². The molecule has 0 aromatic carbocycles. The highest BCUT2D eigenvalue weighted by Gasteiger charge is 2.19. The van der Waals surface area contributed by atoms with Gasteiger partial charge in [-0.3, -0.25) is 9.59 Å². The van der Waals surface area contributed by atoms with Crippen LogP contribution in [-0.4, -0.2) is 62.2 Å². The number of rotatable bonds is 43. The lowest BCUT2D eigenvalue weighted by molar-refractivity contribution is -0.191. The summed E-state index contributed by atoms with van der Waals surface area (Å²) in [5.41, 5.74) is 0. The number of esters is 1. The average molecular weight is 763 g/mol. The Labute approximate surface area is 337 Å². The molecule has 0 aromatic heterocycles. The summed E-state index contributed by atoms with van der Waals surface area (Å²) in [5.74, 6) is 0.0582. The van der Waals surface area contributed by atoms with Crippen LogP contribution in [0, 0.1) is 5.92 Å². The fourth-order valence-electron chi connectivity index (χ4n) is 7.22. The van der Waals surface area contributed by atoms with Crippen molar-refractivity contribution in [1.82, 2.24) is 9.96 Å². The highest BCUT2D eigenvalue weighted by atomic mass is 16.7. The van der Waals surface area contributed by atoms with E-state index in [1.54, 1.807) is 0 Å². The standard InChI is InChI=1S/C48H94N2O4/c1-6-9-12-15-17-18-19-20-21-22-23-24-25-26-30-35-43-50(54-47(51)41-38-42-49(4)5)44-36-31-27-28-32-37-45-53-48(52)46(39-33-14-11-8-3)40-34-29-16-13-10-7-2/h17-18,46H,6-16,19-45H2,1-5H3/b18-17-. The Kier molecular flexibility index (Phi) is 41.6. The third-order valence-electron chi connectivity index (χ3n) is 10.8. The van der Waals surface area contributed by atoms with Gasteiger partial charge >= 0.3 is 11.9 Å². The molecule has 1 unspecified atom stereocenters. The zero-order chi connectivity index (χ0) is 39.6. The van der Waals surface area contributed by atoms with Crippen molar-refractivity contribution in [1.29, 1.82) is 0 Å². The van der Waals surface area contributed by atoms with Crippen LogP contribution in [-0.2, 0) is 19.2 Å². The van der Waals surface area contributed by atoms with Crippen LogP contribution in [0.15, 0.2) is 12.2 Å². The van der Waals surface area contributed by atoms with Gasteiger partial charge in [0.1, 0.15) is 0 Å². The van der Waals surface area contributed by atoms with Crippen molar-refractivity contribution < 1.29 is 19.2 Å². The van der Waals surface area contributed by atoms with Crippen LogP contribution in [0.5, 0.6) is 0 Å². The van der Waals surface area contributed by atoms with E-state index in [4.69, 9.17) is 9.57 Å². The zero-order valence-electron chi connectivity index (χ0n) is 37.1. The van der Waals surface area contributed by atoms with E-state index >= 15 is 0 Å². The molecule has 0 aliphatic carbocycles. The second-order valence-corrected chi connectivity index (χ2v) is 16.6. The minimum absolute atomic E-state index is 0.0544. The highest BCUT2D eigenvalue weighted by Crippen LogP contribution is 2.21. The van der Waals surface area contributed by atoms with Gasteiger partial charge in [-0.1, -0.05) is 181 Å². The number of hydrogen-bond acceptors (Lipinski definition) is 6. The molecule has 54 heavy (non-hydrogen) atoms. The van der Waals surface area contributed by atoms with E-state index in [0.29, 0.717) is 13.0 Å². The second kappa shape index (κ2) is 42.7. The number of allylic oxidation sites excluding steroid dienone is 2. The summed E-state index contributed by atoms with van der Waals surface area (Å²) < 4.78 is 5.80. The van der Waals surface area contributed by atoms with E-state index in [-0.39, 0.29) is 17.9 Å². The Morgan fingerprint density at radius 1 is 0.481 bits per heavy atom.